The number of aromatic nitrogens is 4. The largest absolute Gasteiger partial charge is 0.305 e. The summed E-state index contributed by atoms with van der Waals surface area (Å²) in [4.78, 5) is 11.6. The van der Waals surface area contributed by atoms with Crippen LogP contribution >= 0.6 is 22.9 Å². The third kappa shape index (κ3) is 2.13. The molecule has 2 rings (SSSR count). The predicted molar refractivity (Wildman–Crippen MR) is 56.1 cm³/mol. The number of hydrogen-bond donors (Lipinski definition) is 1. The molecule has 15 heavy (non-hydrogen) atoms. The van der Waals surface area contributed by atoms with Gasteiger partial charge in [-0.05, 0) is 11.6 Å². The van der Waals surface area contributed by atoms with Crippen LogP contribution in [-0.4, -0.2) is 25.9 Å². The number of aryl methyl sites for hydroxylation is 1. The number of carbonyl (C=O) groups is 1. The molecular weight excluding hydrogens is 238 g/mol. The fraction of sp³-hybridized carbons (Fsp3) is 0.143. The van der Waals surface area contributed by atoms with Crippen LogP contribution in [0.25, 0.3) is 0 Å². The van der Waals surface area contributed by atoms with Gasteiger partial charge in [0.15, 0.2) is 0 Å². The van der Waals surface area contributed by atoms with Crippen LogP contribution in [0.3, 0.4) is 0 Å². The zero-order chi connectivity index (χ0) is 10.8. The maximum absolute atomic E-state index is 11.6. The van der Waals surface area contributed by atoms with Gasteiger partial charge in [-0.2, -0.15) is 5.10 Å². The topological polar surface area (TPSA) is 72.7 Å². The molecule has 0 atom stereocenters. The Kier molecular flexibility index (Phi) is 2.65. The van der Waals surface area contributed by atoms with Crippen LogP contribution in [0.15, 0.2) is 12.3 Å². The van der Waals surface area contributed by atoms with E-state index in [0.717, 1.165) is 11.3 Å². The Morgan fingerprint density at radius 3 is 2.93 bits per heavy atom. The number of hydrogen-bond acceptors (Lipinski definition) is 5. The number of rotatable bonds is 2. The summed E-state index contributed by atoms with van der Waals surface area (Å²) in [5.41, 5.74) is 0. The van der Waals surface area contributed by atoms with Gasteiger partial charge in [0, 0.05) is 13.1 Å². The van der Waals surface area contributed by atoms with Crippen molar-refractivity contribution in [2.24, 2.45) is 7.05 Å². The van der Waals surface area contributed by atoms with Crippen molar-refractivity contribution in [2.75, 3.05) is 5.32 Å². The van der Waals surface area contributed by atoms with Crippen LogP contribution in [0.2, 0.25) is 4.47 Å². The van der Waals surface area contributed by atoms with Crippen LogP contribution in [0.1, 0.15) is 9.80 Å². The second-order valence-corrected chi connectivity index (χ2v) is 4.21. The average molecular weight is 244 g/mol. The van der Waals surface area contributed by atoms with Crippen LogP contribution in [-0.2, 0) is 7.05 Å². The summed E-state index contributed by atoms with van der Waals surface area (Å²) < 4.78 is 1.78. The highest BCUT2D eigenvalue weighted by molar-refractivity contribution is 7.17. The Bertz CT molecular complexity index is 493. The van der Waals surface area contributed by atoms with E-state index < -0.39 is 0 Å². The molecule has 1 N–H and O–H groups in total. The fourth-order valence-corrected chi connectivity index (χ4v) is 1.69. The molecule has 2 aromatic rings. The Balaban J connectivity index is 2.14. The Morgan fingerprint density at radius 2 is 2.40 bits per heavy atom. The third-order valence-corrected chi connectivity index (χ3v) is 2.67. The summed E-state index contributed by atoms with van der Waals surface area (Å²) in [6.45, 7) is 0. The Labute approximate surface area is 93.9 Å². The fourth-order valence-electron chi connectivity index (χ4n) is 0.963. The number of halogens is 1. The lowest BCUT2D eigenvalue weighted by molar-refractivity contribution is 0.102. The molecule has 0 saturated heterocycles. The average Bonchev–Trinajstić information content (AvgIpc) is 2.77. The smallest absolute Gasteiger partial charge is 0.287 e. The number of nitrogens with one attached hydrogen (secondary N) is 1. The highest BCUT2D eigenvalue weighted by Gasteiger charge is 2.13. The summed E-state index contributed by atoms with van der Waals surface area (Å²) in [5.74, 6) is 0.245. The lowest BCUT2D eigenvalue weighted by atomic mass is 10.5. The van der Waals surface area contributed by atoms with E-state index in [9.17, 15) is 4.79 Å². The normalized spacial score (nSPS) is 10.3. The van der Waals surface area contributed by atoms with Gasteiger partial charge < -0.3 is 5.32 Å². The number of anilines is 1. The van der Waals surface area contributed by atoms with E-state index in [1.807, 2.05) is 0 Å². The van der Waals surface area contributed by atoms with E-state index >= 15 is 0 Å². The van der Waals surface area contributed by atoms with Gasteiger partial charge in [-0.25, -0.2) is 0 Å². The quantitative estimate of drug-likeness (QED) is 0.860. The first-order chi connectivity index (χ1) is 7.16. The number of amides is 1. The highest BCUT2D eigenvalue weighted by Crippen LogP contribution is 2.16. The van der Waals surface area contributed by atoms with Crippen molar-refractivity contribution < 1.29 is 4.79 Å². The van der Waals surface area contributed by atoms with Gasteiger partial charge in [0.2, 0.25) is 9.47 Å². The molecule has 0 aliphatic rings. The molecule has 0 radical (unpaired) electrons. The molecule has 0 aliphatic carbocycles. The molecular formula is C7H6ClN5OS. The zero-order valence-corrected chi connectivity index (χ0v) is 9.21. The van der Waals surface area contributed by atoms with Gasteiger partial charge in [0.1, 0.15) is 5.82 Å². The minimum atomic E-state index is -0.344. The molecule has 2 heterocycles. The molecule has 0 spiro atoms. The third-order valence-electron chi connectivity index (χ3n) is 1.66. The van der Waals surface area contributed by atoms with Gasteiger partial charge in [-0.3, -0.25) is 9.48 Å². The van der Waals surface area contributed by atoms with Gasteiger partial charge in [0.05, 0.1) is 6.20 Å². The maximum atomic E-state index is 11.6. The van der Waals surface area contributed by atoms with E-state index in [4.69, 9.17) is 11.6 Å². The van der Waals surface area contributed by atoms with Crippen molar-refractivity contribution in [3.05, 3.63) is 21.7 Å². The summed E-state index contributed by atoms with van der Waals surface area (Å²) in [6.07, 6.45) is 1.59. The van der Waals surface area contributed by atoms with E-state index in [1.54, 1.807) is 24.0 Å². The molecule has 0 aromatic carbocycles. The molecule has 0 aliphatic heterocycles. The number of nitrogens with zero attached hydrogens (tertiary/aromatic N) is 4. The lowest BCUT2D eigenvalue weighted by Gasteiger charge is -2.01. The van der Waals surface area contributed by atoms with E-state index in [1.165, 1.54) is 0 Å². The van der Waals surface area contributed by atoms with Crippen LogP contribution in [0.5, 0.6) is 0 Å². The lowest BCUT2D eigenvalue weighted by Crippen LogP contribution is -2.14. The monoisotopic (exact) mass is 243 g/mol. The maximum Gasteiger partial charge on any atom is 0.287 e. The standard InChI is InChI=1S/C7H6ClN5OS/c1-13-4(2-3-9-13)10-5(14)6-11-12-7(8)15-6/h2-3H,1H3,(H,10,14). The second kappa shape index (κ2) is 3.95. The van der Waals surface area contributed by atoms with Crippen molar-refractivity contribution in [1.29, 1.82) is 0 Å². The second-order valence-electron chi connectivity index (χ2n) is 2.65. The first-order valence-corrected chi connectivity index (χ1v) is 5.14. The predicted octanol–water partition coefficient (Wildman–Crippen LogP) is 1.18. The highest BCUT2D eigenvalue weighted by atomic mass is 35.5. The van der Waals surface area contributed by atoms with E-state index in [0.29, 0.717) is 5.82 Å². The molecule has 1 amide bonds. The molecule has 0 saturated carbocycles. The summed E-state index contributed by atoms with van der Waals surface area (Å²) in [7, 11) is 1.72. The minimum Gasteiger partial charge on any atom is -0.305 e. The van der Waals surface area contributed by atoms with Gasteiger partial charge in [-0.1, -0.05) is 11.3 Å². The van der Waals surface area contributed by atoms with Crippen LogP contribution in [0.4, 0.5) is 5.82 Å². The van der Waals surface area contributed by atoms with Crippen molar-refractivity contribution in [2.45, 2.75) is 0 Å². The van der Waals surface area contributed by atoms with Gasteiger partial charge >= 0.3 is 0 Å². The first kappa shape index (κ1) is 10.1. The molecule has 8 heteroatoms. The van der Waals surface area contributed by atoms with Crippen molar-refractivity contribution in [1.82, 2.24) is 20.0 Å². The van der Waals surface area contributed by atoms with Crippen molar-refractivity contribution in [3.8, 4) is 0 Å². The van der Waals surface area contributed by atoms with Gasteiger partial charge in [-0.15, -0.1) is 10.2 Å². The van der Waals surface area contributed by atoms with Crippen LogP contribution in [0, 0.1) is 0 Å². The molecule has 0 fully saturated rings. The molecule has 2 aromatic heterocycles. The first-order valence-electron chi connectivity index (χ1n) is 3.95. The SMILES string of the molecule is Cn1nccc1NC(=O)c1nnc(Cl)s1. The zero-order valence-electron chi connectivity index (χ0n) is 7.64. The minimum absolute atomic E-state index is 0.223. The summed E-state index contributed by atoms with van der Waals surface area (Å²) >= 11 is 6.59. The summed E-state index contributed by atoms with van der Waals surface area (Å²) in [6, 6.07) is 1.68. The van der Waals surface area contributed by atoms with Crippen LogP contribution < -0.4 is 5.32 Å². The molecule has 0 unspecified atom stereocenters. The molecule has 78 valence electrons. The van der Waals surface area contributed by atoms with Gasteiger partial charge in [0.25, 0.3) is 5.91 Å². The van der Waals surface area contributed by atoms with E-state index in [-0.39, 0.29) is 15.4 Å². The van der Waals surface area contributed by atoms with Crippen molar-refractivity contribution in [3.63, 3.8) is 0 Å². The Morgan fingerprint density at radius 1 is 1.60 bits per heavy atom. The molecule has 0 bridgehead atoms. The summed E-state index contributed by atoms with van der Waals surface area (Å²) in [5, 5.41) is 13.9. The van der Waals surface area contributed by atoms with E-state index in [2.05, 4.69) is 20.6 Å². The number of carbonyl (C=O) groups excluding carboxylic acids is 1. The Hall–Kier alpha value is -1.47. The molecule has 6 nitrogen and oxygen atoms in total. The van der Waals surface area contributed by atoms with Crippen molar-refractivity contribution >= 4 is 34.7 Å².